The molecule has 1 aromatic carbocycles. The Bertz CT molecular complexity index is 944. The summed E-state index contributed by atoms with van der Waals surface area (Å²) in [5.41, 5.74) is 3.35. The van der Waals surface area contributed by atoms with E-state index in [1.807, 2.05) is 0 Å². The second kappa shape index (κ2) is 8.88. The number of benzene rings is 1. The van der Waals surface area contributed by atoms with Crippen LogP contribution in [0.4, 0.5) is 4.39 Å². The highest BCUT2D eigenvalue weighted by Gasteiger charge is 2.21. The summed E-state index contributed by atoms with van der Waals surface area (Å²) in [6.45, 7) is 3.83. The number of hydrogen-bond donors (Lipinski definition) is 1. The van der Waals surface area contributed by atoms with Crippen LogP contribution >= 0.6 is 11.3 Å². The van der Waals surface area contributed by atoms with Crippen molar-refractivity contribution >= 4 is 17.2 Å². The Balaban J connectivity index is 1.28. The van der Waals surface area contributed by atoms with E-state index >= 15 is 0 Å². The van der Waals surface area contributed by atoms with E-state index in [9.17, 15) is 9.18 Å². The Morgan fingerprint density at radius 2 is 2.00 bits per heavy atom. The number of nitrogens with one attached hydrogen (secondary N) is 1. The number of halogens is 1. The summed E-state index contributed by atoms with van der Waals surface area (Å²) in [6.07, 6.45) is 2.19. The minimum Gasteiger partial charge on any atom is -0.350 e. The highest BCUT2D eigenvalue weighted by atomic mass is 32.1. The van der Waals surface area contributed by atoms with Crippen LogP contribution in [0.2, 0.25) is 0 Å². The third-order valence-corrected chi connectivity index (χ3v) is 6.23. The number of hydrogen-bond acceptors (Lipinski definition) is 4. The first-order chi connectivity index (χ1) is 14.1. The highest BCUT2D eigenvalue weighted by Crippen LogP contribution is 2.21. The Labute approximate surface area is 174 Å². The molecule has 2 aromatic heterocycles. The molecular weight excluding hydrogens is 387 g/mol. The van der Waals surface area contributed by atoms with Crippen LogP contribution in [-0.4, -0.2) is 40.2 Å². The lowest BCUT2D eigenvalue weighted by atomic mass is 9.96. The van der Waals surface area contributed by atoms with Gasteiger partial charge in [-0.3, -0.25) is 14.4 Å². The Hall–Kier alpha value is -2.51. The molecule has 4 rings (SSSR count). The van der Waals surface area contributed by atoms with Gasteiger partial charge in [0.2, 0.25) is 0 Å². The summed E-state index contributed by atoms with van der Waals surface area (Å²) >= 11 is 1.74. The van der Waals surface area contributed by atoms with Gasteiger partial charge in [-0.1, -0.05) is 0 Å². The Morgan fingerprint density at radius 3 is 2.69 bits per heavy atom. The monoisotopic (exact) mass is 412 g/mol. The van der Waals surface area contributed by atoms with E-state index in [1.54, 1.807) is 41.3 Å². The lowest BCUT2D eigenvalue weighted by Gasteiger charge is -2.31. The fourth-order valence-corrected chi connectivity index (χ4v) is 4.42. The molecule has 1 aliphatic rings. The van der Waals surface area contributed by atoms with Crippen LogP contribution in [0.1, 0.15) is 28.9 Å². The van der Waals surface area contributed by atoms with Crippen LogP contribution in [0.3, 0.4) is 0 Å². The molecule has 0 bridgehead atoms. The van der Waals surface area contributed by atoms with Crippen molar-refractivity contribution in [2.45, 2.75) is 19.4 Å². The molecule has 1 N–H and O–H groups in total. The molecule has 1 saturated heterocycles. The van der Waals surface area contributed by atoms with E-state index in [-0.39, 0.29) is 11.7 Å². The number of carbonyl (C=O) groups excluding carboxylic acids is 1. The van der Waals surface area contributed by atoms with Crippen molar-refractivity contribution in [3.63, 3.8) is 0 Å². The van der Waals surface area contributed by atoms with Crippen molar-refractivity contribution in [3.8, 4) is 11.3 Å². The zero-order chi connectivity index (χ0) is 20.2. The smallest absolute Gasteiger partial charge is 0.269 e. The van der Waals surface area contributed by atoms with Crippen LogP contribution in [0.15, 0.2) is 47.2 Å². The molecule has 0 radical (unpaired) electrons. The van der Waals surface area contributed by atoms with Crippen molar-refractivity contribution in [3.05, 3.63) is 64.2 Å². The molecular formula is C22H25FN4OS. The van der Waals surface area contributed by atoms with Gasteiger partial charge in [0.1, 0.15) is 11.5 Å². The van der Waals surface area contributed by atoms with Crippen molar-refractivity contribution < 1.29 is 9.18 Å². The van der Waals surface area contributed by atoms with Crippen LogP contribution in [0.25, 0.3) is 11.3 Å². The largest absolute Gasteiger partial charge is 0.350 e. The number of thiophene rings is 1. The maximum absolute atomic E-state index is 13.1. The number of aromatic nitrogens is 2. The van der Waals surface area contributed by atoms with Crippen LogP contribution < -0.4 is 5.32 Å². The fourth-order valence-electron chi connectivity index (χ4n) is 3.76. The summed E-state index contributed by atoms with van der Waals surface area (Å²) in [5.74, 6) is 0.0977. The predicted octanol–water partition coefficient (Wildman–Crippen LogP) is 3.93. The van der Waals surface area contributed by atoms with Gasteiger partial charge in [0, 0.05) is 25.7 Å². The molecule has 0 aliphatic carbocycles. The van der Waals surface area contributed by atoms with E-state index in [1.165, 1.54) is 17.7 Å². The molecule has 1 aliphatic heterocycles. The topological polar surface area (TPSA) is 50.2 Å². The van der Waals surface area contributed by atoms with E-state index in [0.29, 0.717) is 23.9 Å². The molecule has 0 unspecified atom stereocenters. The molecule has 3 heterocycles. The first-order valence-corrected chi connectivity index (χ1v) is 10.8. The quantitative estimate of drug-likeness (QED) is 0.667. The summed E-state index contributed by atoms with van der Waals surface area (Å²) in [5, 5.41) is 11.8. The van der Waals surface area contributed by atoms with Crippen molar-refractivity contribution in [1.29, 1.82) is 0 Å². The molecule has 29 heavy (non-hydrogen) atoms. The number of carbonyl (C=O) groups is 1. The highest BCUT2D eigenvalue weighted by molar-refractivity contribution is 7.07. The van der Waals surface area contributed by atoms with Gasteiger partial charge in [-0.2, -0.15) is 16.4 Å². The van der Waals surface area contributed by atoms with E-state index in [2.05, 4.69) is 32.1 Å². The third-order valence-electron chi connectivity index (χ3n) is 5.50. The van der Waals surface area contributed by atoms with E-state index in [4.69, 9.17) is 0 Å². The van der Waals surface area contributed by atoms with Crippen molar-refractivity contribution in [1.82, 2.24) is 20.0 Å². The minimum absolute atomic E-state index is 0.117. The normalized spacial score (nSPS) is 15.5. The molecule has 0 saturated carbocycles. The van der Waals surface area contributed by atoms with E-state index in [0.717, 1.165) is 38.0 Å². The lowest BCUT2D eigenvalue weighted by Crippen LogP contribution is -2.38. The second-order valence-electron chi connectivity index (χ2n) is 7.61. The van der Waals surface area contributed by atoms with Gasteiger partial charge >= 0.3 is 0 Å². The zero-order valence-corrected chi connectivity index (χ0v) is 17.3. The molecule has 7 heteroatoms. The van der Waals surface area contributed by atoms with Gasteiger partial charge in [0.25, 0.3) is 5.91 Å². The molecule has 0 atom stereocenters. The number of amides is 1. The second-order valence-corrected chi connectivity index (χ2v) is 8.39. The first kappa shape index (κ1) is 19.8. The SMILES string of the molecule is Cn1nc(-c2ccc(F)cc2)cc1C(=O)NCC1CCN(Cc2ccsc2)CC1. The zero-order valence-electron chi connectivity index (χ0n) is 16.5. The predicted molar refractivity (Wildman–Crippen MR) is 113 cm³/mol. The summed E-state index contributed by atoms with van der Waals surface area (Å²) in [7, 11) is 1.75. The van der Waals surface area contributed by atoms with Crippen LogP contribution in [0, 0.1) is 11.7 Å². The average molecular weight is 413 g/mol. The molecule has 152 valence electrons. The van der Waals surface area contributed by atoms with Gasteiger partial charge in [-0.15, -0.1) is 0 Å². The number of likely N-dealkylation sites (tertiary alicyclic amines) is 1. The number of aryl methyl sites for hydroxylation is 1. The maximum atomic E-state index is 13.1. The summed E-state index contributed by atoms with van der Waals surface area (Å²) in [4.78, 5) is 15.1. The Morgan fingerprint density at radius 1 is 1.24 bits per heavy atom. The molecule has 1 amide bonds. The van der Waals surface area contributed by atoms with Gasteiger partial charge in [-0.25, -0.2) is 4.39 Å². The molecule has 5 nitrogen and oxygen atoms in total. The standard InChI is InChI=1S/C22H25FN4OS/c1-26-21(12-20(25-26)18-2-4-19(23)5-3-18)22(28)24-13-16-6-9-27(10-7-16)14-17-8-11-29-15-17/h2-5,8,11-12,15-16H,6-7,9-10,13-14H2,1H3,(H,24,28). The van der Waals surface area contributed by atoms with Crippen LogP contribution in [0.5, 0.6) is 0 Å². The molecule has 1 fully saturated rings. The first-order valence-electron chi connectivity index (χ1n) is 9.90. The number of nitrogens with zero attached hydrogens (tertiary/aromatic N) is 3. The minimum atomic E-state index is -0.288. The van der Waals surface area contributed by atoms with Gasteiger partial charge in [0.15, 0.2) is 0 Å². The van der Waals surface area contributed by atoms with Crippen LogP contribution in [-0.2, 0) is 13.6 Å². The average Bonchev–Trinajstić information content (AvgIpc) is 3.37. The van der Waals surface area contributed by atoms with Gasteiger partial charge in [-0.05, 0) is 84.6 Å². The summed E-state index contributed by atoms with van der Waals surface area (Å²) in [6, 6.07) is 10.1. The Kier molecular flexibility index (Phi) is 6.06. The van der Waals surface area contributed by atoms with E-state index < -0.39 is 0 Å². The maximum Gasteiger partial charge on any atom is 0.269 e. The van der Waals surface area contributed by atoms with Gasteiger partial charge < -0.3 is 5.32 Å². The summed E-state index contributed by atoms with van der Waals surface area (Å²) < 4.78 is 14.7. The fraction of sp³-hybridized carbons (Fsp3) is 0.364. The number of rotatable bonds is 6. The molecule has 0 spiro atoms. The molecule has 3 aromatic rings. The van der Waals surface area contributed by atoms with Crippen molar-refractivity contribution in [2.24, 2.45) is 13.0 Å². The third kappa shape index (κ3) is 4.92. The van der Waals surface area contributed by atoms with Crippen molar-refractivity contribution in [2.75, 3.05) is 19.6 Å². The number of piperidine rings is 1. The van der Waals surface area contributed by atoms with Gasteiger partial charge in [0.05, 0.1) is 5.69 Å². The lowest BCUT2D eigenvalue weighted by molar-refractivity contribution is 0.0926.